The van der Waals surface area contributed by atoms with Gasteiger partial charge in [-0.25, -0.2) is 4.98 Å². The number of methoxy groups -OCH3 is 1. The number of hydrogen-bond donors (Lipinski definition) is 1. The maximum Gasteiger partial charge on any atom is 0.185 e. The average Bonchev–Trinajstić information content (AvgIpc) is 2.65. The molecule has 0 saturated heterocycles. The fourth-order valence-corrected chi connectivity index (χ4v) is 2.00. The highest BCUT2D eigenvalue weighted by Gasteiger charge is 2.12. The summed E-state index contributed by atoms with van der Waals surface area (Å²) < 4.78 is 5.09. The Morgan fingerprint density at radius 1 is 1.71 bits per heavy atom. The minimum absolute atomic E-state index is 0.330. The van der Waals surface area contributed by atoms with Gasteiger partial charge in [0.1, 0.15) is 0 Å². The Morgan fingerprint density at radius 3 is 2.93 bits per heavy atom. The molecule has 0 saturated carbocycles. The summed E-state index contributed by atoms with van der Waals surface area (Å²) >= 11 is 1.62. The highest BCUT2D eigenvalue weighted by molar-refractivity contribution is 7.13. The molecule has 0 aliphatic carbocycles. The molecule has 80 valence electrons. The Balaban J connectivity index is 2.63. The molecule has 1 aromatic rings. The minimum Gasteiger partial charge on any atom is -0.383 e. The van der Waals surface area contributed by atoms with Crippen molar-refractivity contribution < 1.29 is 4.74 Å². The number of thiazole rings is 1. The summed E-state index contributed by atoms with van der Waals surface area (Å²) in [5.74, 6) is 0. The molecule has 4 nitrogen and oxygen atoms in total. The molecule has 14 heavy (non-hydrogen) atoms. The van der Waals surface area contributed by atoms with Crippen LogP contribution in [-0.4, -0.2) is 31.8 Å². The van der Waals surface area contributed by atoms with Crippen LogP contribution < -0.4 is 10.6 Å². The zero-order valence-electron chi connectivity index (χ0n) is 8.86. The number of nitrogens with zero attached hydrogens (tertiary/aromatic N) is 2. The highest BCUT2D eigenvalue weighted by atomic mass is 32.1. The van der Waals surface area contributed by atoms with Gasteiger partial charge in [-0.1, -0.05) is 0 Å². The molecule has 0 amide bonds. The summed E-state index contributed by atoms with van der Waals surface area (Å²) in [7, 11) is 3.72. The smallest absolute Gasteiger partial charge is 0.185 e. The summed E-state index contributed by atoms with van der Waals surface area (Å²) in [6.45, 7) is 3.31. The second-order valence-corrected chi connectivity index (χ2v) is 4.08. The molecule has 0 spiro atoms. The Bertz CT molecular complexity index is 277. The number of likely N-dealkylation sites (N-methyl/N-ethyl adjacent to an activating group) is 1. The first-order chi connectivity index (χ1) is 6.69. The van der Waals surface area contributed by atoms with Crippen molar-refractivity contribution in [3.8, 4) is 0 Å². The molecule has 0 aliphatic heterocycles. The Kier molecular flexibility index (Phi) is 4.31. The van der Waals surface area contributed by atoms with E-state index < -0.39 is 0 Å². The van der Waals surface area contributed by atoms with Gasteiger partial charge in [-0.3, -0.25) is 0 Å². The van der Waals surface area contributed by atoms with Gasteiger partial charge in [-0.2, -0.15) is 0 Å². The van der Waals surface area contributed by atoms with E-state index in [1.54, 1.807) is 18.4 Å². The van der Waals surface area contributed by atoms with E-state index >= 15 is 0 Å². The second-order valence-electron chi connectivity index (χ2n) is 3.24. The number of nitrogens with two attached hydrogens (primary N) is 1. The van der Waals surface area contributed by atoms with Gasteiger partial charge < -0.3 is 15.4 Å². The van der Waals surface area contributed by atoms with Crippen LogP contribution >= 0.6 is 11.3 Å². The van der Waals surface area contributed by atoms with Gasteiger partial charge in [0.25, 0.3) is 0 Å². The maximum absolute atomic E-state index is 5.50. The van der Waals surface area contributed by atoms with Crippen molar-refractivity contribution in [2.45, 2.75) is 19.5 Å². The molecule has 0 fully saturated rings. The zero-order chi connectivity index (χ0) is 10.6. The van der Waals surface area contributed by atoms with Crippen LogP contribution in [0.2, 0.25) is 0 Å². The summed E-state index contributed by atoms with van der Waals surface area (Å²) in [5, 5.41) is 2.99. The zero-order valence-corrected chi connectivity index (χ0v) is 9.67. The fourth-order valence-electron chi connectivity index (χ4n) is 1.09. The lowest BCUT2D eigenvalue weighted by Gasteiger charge is -2.23. The Hall–Kier alpha value is -0.650. The number of hydrogen-bond acceptors (Lipinski definition) is 5. The van der Waals surface area contributed by atoms with E-state index in [0.29, 0.717) is 19.2 Å². The van der Waals surface area contributed by atoms with Crippen LogP contribution in [0.15, 0.2) is 5.38 Å². The number of rotatable bonds is 5. The summed E-state index contributed by atoms with van der Waals surface area (Å²) in [6, 6.07) is 0.330. The lowest BCUT2D eigenvalue weighted by molar-refractivity contribution is 0.183. The fraction of sp³-hybridized carbons (Fsp3) is 0.667. The van der Waals surface area contributed by atoms with Crippen LogP contribution in [0.25, 0.3) is 0 Å². The first kappa shape index (κ1) is 11.4. The highest BCUT2D eigenvalue weighted by Crippen LogP contribution is 2.20. The van der Waals surface area contributed by atoms with E-state index in [9.17, 15) is 0 Å². The molecule has 1 rings (SSSR count). The van der Waals surface area contributed by atoms with E-state index in [1.165, 1.54) is 0 Å². The normalized spacial score (nSPS) is 12.9. The van der Waals surface area contributed by atoms with Gasteiger partial charge in [-0.05, 0) is 6.92 Å². The lowest BCUT2D eigenvalue weighted by Crippen LogP contribution is -2.32. The maximum atomic E-state index is 5.50. The van der Waals surface area contributed by atoms with Crippen molar-refractivity contribution in [1.29, 1.82) is 0 Å². The van der Waals surface area contributed by atoms with E-state index in [4.69, 9.17) is 10.5 Å². The monoisotopic (exact) mass is 215 g/mol. The summed E-state index contributed by atoms with van der Waals surface area (Å²) in [4.78, 5) is 6.50. The molecule has 0 radical (unpaired) electrons. The van der Waals surface area contributed by atoms with Crippen molar-refractivity contribution >= 4 is 16.5 Å². The van der Waals surface area contributed by atoms with Crippen molar-refractivity contribution in [2.24, 2.45) is 5.73 Å². The van der Waals surface area contributed by atoms with Crippen molar-refractivity contribution in [1.82, 2.24) is 4.98 Å². The Labute approximate surface area is 88.7 Å². The molecule has 2 N–H and O–H groups in total. The third-order valence-electron chi connectivity index (χ3n) is 2.12. The van der Waals surface area contributed by atoms with E-state index in [1.807, 2.05) is 12.4 Å². The van der Waals surface area contributed by atoms with Crippen LogP contribution in [0.5, 0.6) is 0 Å². The van der Waals surface area contributed by atoms with E-state index in [-0.39, 0.29) is 0 Å². The molecule has 0 aliphatic rings. The molecule has 1 unspecified atom stereocenters. The van der Waals surface area contributed by atoms with Gasteiger partial charge in [0.2, 0.25) is 0 Å². The average molecular weight is 215 g/mol. The van der Waals surface area contributed by atoms with Crippen molar-refractivity contribution in [2.75, 3.05) is 25.7 Å². The first-order valence-corrected chi connectivity index (χ1v) is 5.43. The molecule has 1 atom stereocenters. The molecular formula is C9H17N3OS. The predicted molar refractivity (Wildman–Crippen MR) is 59.7 cm³/mol. The number of anilines is 1. The molecule has 0 aromatic carbocycles. The van der Waals surface area contributed by atoms with E-state index in [2.05, 4.69) is 16.8 Å². The third-order valence-corrected chi connectivity index (χ3v) is 3.10. The largest absolute Gasteiger partial charge is 0.383 e. The predicted octanol–water partition coefficient (Wildman–Crippen LogP) is 1.07. The van der Waals surface area contributed by atoms with Crippen molar-refractivity contribution in [3.63, 3.8) is 0 Å². The molecule has 1 aromatic heterocycles. The van der Waals surface area contributed by atoms with Gasteiger partial charge in [0.15, 0.2) is 5.13 Å². The summed E-state index contributed by atoms with van der Waals surface area (Å²) in [6.07, 6.45) is 0. The SMILES string of the molecule is COCC(C)N(C)c1nc(CN)cs1. The Morgan fingerprint density at radius 2 is 2.43 bits per heavy atom. The number of aromatic nitrogens is 1. The molecule has 5 heteroatoms. The van der Waals surface area contributed by atoms with Gasteiger partial charge >= 0.3 is 0 Å². The van der Waals surface area contributed by atoms with Gasteiger partial charge in [-0.15, -0.1) is 11.3 Å². The van der Waals surface area contributed by atoms with E-state index in [0.717, 1.165) is 10.8 Å². The number of ether oxygens (including phenoxy) is 1. The quantitative estimate of drug-likeness (QED) is 0.798. The van der Waals surface area contributed by atoms with Crippen LogP contribution in [0, 0.1) is 0 Å². The summed E-state index contributed by atoms with van der Waals surface area (Å²) in [5.41, 5.74) is 6.44. The topological polar surface area (TPSA) is 51.4 Å². The van der Waals surface area contributed by atoms with Crippen LogP contribution in [0.3, 0.4) is 0 Å². The lowest BCUT2D eigenvalue weighted by atomic mass is 10.3. The van der Waals surface area contributed by atoms with Gasteiger partial charge in [0, 0.05) is 26.1 Å². The third kappa shape index (κ3) is 2.67. The first-order valence-electron chi connectivity index (χ1n) is 4.55. The minimum atomic E-state index is 0.330. The molecular weight excluding hydrogens is 198 g/mol. The van der Waals surface area contributed by atoms with Crippen molar-refractivity contribution in [3.05, 3.63) is 11.1 Å². The van der Waals surface area contributed by atoms with Crippen LogP contribution in [0.4, 0.5) is 5.13 Å². The molecule has 1 heterocycles. The van der Waals surface area contributed by atoms with Gasteiger partial charge in [0.05, 0.1) is 18.3 Å². The molecule has 0 bridgehead atoms. The van der Waals surface area contributed by atoms with Crippen LogP contribution in [0.1, 0.15) is 12.6 Å². The van der Waals surface area contributed by atoms with Crippen LogP contribution in [-0.2, 0) is 11.3 Å². The second kappa shape index (κ2) is 5.29. The standard InChI is InChI=1S/C9H17N3OS/c1-7(5-13-3)12(2)9-11-8(4-10)6-14-9/h6-7H,4-5,10H2,1-3H3.